The van der Waals surface area contributed by atoms with Gasteiger partial charge in [0.1, 0.15) is 5.82 Å². The van der Waals surface area contributed by atoms with Crippen molar-refractivity contribution >= 4 is 45.2 Å². The van der Waals surface area contributed by atoms with Crippen molar-refractivity contribution in [1.82, 2.24) is 5.32 Å². The quantitative estimate of drug-likeness (QED) is 0.571. The van der Waals surface area contributed by atoms with E-state index in [-0.39, 0.29) is 29.8 Å². The van der Waals surface area contributed by atoms with Crippen LogP contribution in [0.5, 0.6) is 0 Å². The number of aryl methyl sites for hydroxylation is 2. The summed E-state index contributed by atoms with van der Waals surface area (Å²) in [6, 6.07) is 11.8. The standard InChI is InChI=1S/C23H21BrFN3O2S/c1-3-14-9-16(24)8-13(2)22(14)27-21(30)12-31-23-19(11-26)18(10-20(29)28-23)15-4-6-17(25)7-5-15/h4-9,18H,3,10,12H2,1-2H3,(H,27,30)(H,28,29)/t18-/m1/s1. The number of hydrogen-bond donors (Lipinski definition) is 2. The van der Waals surface area contributed by atoms with Crippen molar-refractivity contribution in [3.8, 4) is 6.07 Å². The van der Waals surface area contributed by atoms with Gasteiger partial charge in [-0.25, -0.2) is 4.39 Å². The van der Waals surface area contributed by atoms with Crippen LogP contribution in [0.15, 0.2) is 51.5 Å². The molecule has 2 aromatic rings. The molecule has 3 rings (SSSR count). The zero-order chi connectivity index (χ0) is 22.5. The molecular weight excluding hydrogens is 481 g/mol. The minimum absolute atomic E-state index is 0.0373. The number of carbonyl (C=O) groups excluding carboxylic acids is 2. The number of thioether (sulfide) groups is 1. The van der Waals surface area contributed by atoms with Gasteiger partial charge in [0.05, 0.1) is 22.4 Å². The third kappa shape index (κ3) is 5.54. The fourth-order valence-corrected chi connectivity index (χ4v) is 4.99. The highest BCUT2D eigenvalue weighted by Crippen LogP contribution is 2.36. The van der Waals surface area contributed by atoms with Gasteiger partial charge < -0.3 is 10.6 Å². The molecule has 0 spiro atoms. The van der Waals surface area contributed by atoms with Crippen LogP contribution < -0.4 is 10.6 Å². The molecule has 0 bridgehead atoms. The van der Waals surface area contributed by atoms with Gasteiger partial charge in [-0.1, -0.05) is 46.7 Å². The Kier molecular flexibility index (Phi) is 7.52. The maximum atomic E-state index is 13.3. The van der Waals surface area contributed by atoms with E-state index in [0.29, 0.717) is 16.2 Å². The Morgan fingerprint density at radius 3 is 2.71 bits per heavy atom. The zero-order valence-electron chi connectivity index (χ0n) is 17.1. The number of benzene rings is 2. The summed E-state index contributed by atoms with van der Waals surface area (Å²) in [6.07, 6.45) is 0.866. The third-order valence-electron chi connectivity index (χ3n) is 5.00. The average Bonchev–Trinajstić information content (AvgIpc) is 2.74. The Balaban J connectivity index is 1.78. The van der Waals surface area contributed by atoms with Crippen LogP contribution >= 0.6 is 27.7 Å². The highest BCUT2D eigenvalue weighted by molar-refractivity contribution is 9.10. The first kappa shape index (κ1) is 23.0. The van der Waals surface area contributed by atoms with E-state index in [1.165, 1.54) is 12.1 Å². The molecule has 0 saturated carbocycles. The van der Waals surface area contributed by atoms with E-state index < -0.39 is 5.92 Å². The minimum Gasteiger partial charge on any atom is -0.325 e. The van der Waals surface area contributed by atoms with E-state index in [2.05, 4.69) is 32.6 Å². The van der Waals surface area contributed by atoms with E-state index >= 15 is 0 Å². The molecule has 2 N–H and O–H groups in total. The smallest absolute Gasteiger partial charge is 0.234 e. The molecule has 0 radical (unpaired) electrons. The number of amides is 2. The fraction of sp³-hybridized carbons (Fsp3) is 0.261. The number of halogens is 2. The number of nitrogens with one attached hydrogen (secondary N) is 2. The minimum atomic E-state index is -0.467. The van der Waals surface area contributed by atoms with Crippen LogP contribution in [0.3, 0.4) is 0 Å². The molecule has 2 amide bonds. The number of carbonyl (C=O) groups is 2. The molecule has 0 aliphatic carbocycles. The lowest BCUT2D eigenvalue weighted by molar-refractivity contribution is -0.121. The summed E-state index contributed by atoms with van der Waals surface area (Å²) in [5.41, 5.74) is 3.81. The number of nitrogens with zero attached hydrogens (tertiary/aromatic N) is 1. The molecule has 5 nitrogen and oxygen atoms in total. The van der Waals surface area contributed by atoms with Crippen LogP contribution in [0.1, 0.15) is 36.0 Å². The summed E-state index contributed by atoms with van der Waals surface area (Å²) in [5, 5.41) is 15.7. The lowest BCUT2D eigenvalue weighted by Crippen LogP contribution is -2.31. The molecule has 0 aromatic heterocycles. The largest absolute Gasteiger partial charge is 0.325 e. The predicted octanol–water partition coefficient (Wildman–Crippen LogP) is 5.17. The van der Waals surface area contributed by atoms with Gasteiger partial charge in [0.15, 0.2) is 0 Å². The predicted molar refractivity (Wildman–Crippen MR) is 124 cm³/mol. The molecule has 0 fully saturated rings. The molecular formula is C23H21BrFN3O2S. The van der Waals surface area contributed by atoms with Crippen molar-refractivity contribution < 1.29 is 14.0 Å². The van der Waals surface area contributed by atoms with Gasteiger partial charge in [-0.3, -0.25) is 9.59 Å². The van der Waals surface area contributed by atoms with Crippen molar-refractivity contribution in [1.29, 1.82) is 5.26 Å². The summed E-state index contributed by atoms with van der Waals surface area (Å²) in [5.74, 6) is -1.28. The highest BCUT2D eigenvalue weighted by Gasteiger charge is 2.30. The second-order valence-corrected chi connectivity index (χ2v) is 9.06. The van der Waals surface area contributed by atoms with Crippen molar-refractivity contribution in [2.24, 2.45) is 0 Å². The SMILES string of the molecule is CCc1cc(Br)cc(C)c1NC(=O)CSC1=C(C#N)[C@@H](c2ccc(F)cc2)CC(=O)N1. The van der Waals surface area contributed by atoms with E-state index in [1.54, 1.807) is 12.1 Å². The van der Waals surface area contributed by atoms with Gasteiger partial charge in [-0.05, 0) is 54.3 Å². The van der Waals surface area contributed by atoms with Gasteiger partial charge in [0.2, 0.25) is 11.8 Å². The summed E-state index contributed by atoms with van der Waals surface area (Å²) >= 11 is 4.59. The Labute approximate surface area is 193 Å². The van der Waals surface area contributed by atoms with Crippen molar-refractivity contribution in [2.75, 3.05) is 11.1 Å². The maximum absolute atomic E-state index is 13.3. The van der Waals surface area contributed by atoms with Crippen molar-refractivity contribution in [3.63, 3.8) is 0 Å². The Hall–Kier alpha value is -2.63. The average molecular weight is 502 g/mol. The second kappa shape index (κ2) is 10.1. The summed E-state index contributed by atoms with van der Waals surface area (Å²) < 4.78 is 14.2. The first-order chi connectivity index (χ1) is 14.8. The summed E-state index contributed by atoms with van der Waals surface area (Å²) in [7, 11) is 0. The molecule has 0 unspecified atom stereocenters. The van der Waals surface area contributed by atoms with Crippen LogP contribution in [-0.2, 0) is 16.0 Å². The van der Waals surface area contributed by atoms with E-state index in [1.807, 2.05) is 26.0 Å². The monoisotopic (exact) mass is 501 g/mol. The zero-order valence-corrected chi connectivity index (χ0v) is 19.5. The van der Waals surface area contributed by atoms with Crippen LogP contribution in [0.2, 0.25) is 0 Å². The van der Waals surface area contributed by atoms with Gasteiger partial charge in [0.25, 0.3) is 0 Å². The molecule has 1 heterocycles. The van der Waals surface area contributed by atoms with Crippen LogP contribution in [0.25, 0.3) is 0 Å². The first-order valence-electron chi connectivity index (χ1n) is 9.73. The Bertz CT molecular complexity index is 1090. The molecule has 1 aliphatic rings. The van der Waals surface area contributed by atoms with Crippen molar-refractivity contribution in [2.45, 2.75) is 32.6 Å². The second-order valence-electron chi connectivity index (χ2n) is 7.16. The summed E-state index contributed by atoms with van der Waals surface area (Å²) in [4.78, 5) is 24.9. The van der Waals surface area contributed by atoms with Crippen LogP contribution in [0, 0.1) is 24.1 Å². The third-order valence-corrected chi connectivity index (χ3v) is 6.48. The lowest BCUT2D eigenvalue weighted by Gasteiger charge is -2.25. The van der Waals surface area contributed by atoms with Gasteiger partial charge in [-0.15, -0.1) is 0 Å². The molecule has 0 saturated heterocycles. The Morgan fingerprint density at radius 1 is 1.35 bits per heavy atom. The first-order valence-corrected chi connectivity index (χ1v) is 11.5. The van der Waals surface area contributed by atoms with E-state index in [4.69, 9.17) is 0 Å². The maximum Gasteiger partial charge on any atom is 0.234 e. The van der Waals surface area contributed by atoms with Gasteiger partial charge >= 0.3 is 0 Å². The molecule has 2 aromatic carbocycles. The normalized spacial score (nSPS) is 16.0. The summed E-state index contributed by atoms with van der Waals surface area (Å²) in [6.45, 7) is 3.94. The molecule has 8 heteroatoms. The number of nitriles is 1. The van der Waals surface area contributed by atoms with Gasteiger partial charge in [-0.2, -0.15) is 5.26 Å². The van der Waals surface area contributed by atoms with Crippen LogP contribution in [-0.4, -0.2) is 17.6 Å². The molecule has 31 heavy (non-hydrogen) atoms. The Morgan fingerprint density at radius 2 is 2.06 bits per heavy atom. The number of allylic oxidation sites excluding steroid dienone is 1. The number of anilines is 1. The van der Waals surface area contributed by atoms with E-state index in [0.717, 1.165) is 39.5 Å². The number of hydrogen-bond acceptors (Lipinski definition) is 4. The number of rotatable bonds is 6. The lowest BCUT2D eigenvalue weighted by atomic mass is 9.87. The topological polar surface area (TPSA) is 82.0 Å². The van der Waals surface area contributed by atoms with Crippen LogP contribution in [0.4, 0.5) is 10.1 Å². The van der Waals surface area contributed by atoms with Crippen molar-refractivity contribution in [3.05, 3.63) is 74.0 Å². The molecule has 1 aliphatic heterocycles. The van der Waals surface area contributed by atoms with E-state index in [9.17, 15) is 19.2 Å². The van der Waals surface area contributed by atoms with Gasteiger partial charge in [0, 0.05) is 22.5 Å². The molecule has 160 valence electrons. The molecule has 1 atom stereocenters. The highest BCUT2D eigenvalue weighted by atomic mass is 79.9. The fourth-order valence-electron chi connectivity index (χ4n) is 3.50.